The Bertz CT molecular complexity index is 584. The van der Waals surface area contributed by atoms with E-state index < -0.39 is 0 Å². The fraction of sp³-hybridized carbons (Fsp3) is 0.467. The SMILES string of the molecule is Cc1nc(COc2c(Br)cccc2CNCC(C)C)no1. The van der Waals surface area contributed by atoms with E-state index in [2.05, 4.69) is 51.3 Å². The number of aryl methyl sites for hydroxylation is 1. The van der Waals surface area contributed by atoms with Gasteiger partial charge in [-0.05, 0) is 34.5 Å². The third kappa shape index (κ3) is 4.82. The summed E-state index contributed by atoms with van der Waals surface area (Å²) in [4.78, 5) is 4.14. The van der Waals surface area contributed by atoms with E-state index in [4.69, 9.17) is 9.26 Å². The number of nitrogens with zero attached hydrogens (tertiary/aromatic N) is 2. The average molecular weight is 354 g/mol. The van der Waals surface area contributed by atoms with Crippen molar-refractivity contribution < 1.29 is 9.26 Å². The van der Waals surface area contributed by atoms with Gasteiger partial charge in [0.15, 0.2) is 6.61 Å². The zero-order chi connectivity index (χ0) is 15.2. The largest absolute Gasteiger partial charge is 0.484 e. The number of halogens is 1. The molecule has 0 aliphatic heterocycles. The minimum absolute atomic E-state index is 0.289. The highest BCUT2D eigenvalue weighted by atomic mass is 79.9. The highest BCUT2D eigenvalue weighted by Crippen LogP contribution is 2.29. The molecule has 0 bridgehead atoms. The van der Waals surface area contributed by atoms with Gasteiger partial charge in [0.2, 0.25) is 11.7 Å². The summed E-state index contributed by atoms with van der Waals surface area (Å²) in [5.74, 6) is 2.52. The highest BCUT2D eigenvalue weighted by Gasteiger charge is 2.10. The van der Waals surface area contributed by atoms with E-state index in [1.807, 2.05) is 12.1 Å². The van der Waals surface area contributed by atoms with Crippen molar-refractivity contribution in [3.8, 4) is 5.75 Å². The topological polar surface area (TPSA) is 60.2 Å². The van der Waals surface area contributed by atoms with E-state index in [-0.39, 0.29) is 6.61 Å². The highest BCUT2D eigenvalue weighted by molar-refractivity contribution is 9.10. The number of nitrogens with one attached hydrogen (secondary N) is 1. The molecular weight excluding hydrogens is 334 g/mol. The molecular formula is C15H20BrN3O2. The fourth-order valence-corrected chi connectivity index (χ4v) is 2.41. The van der Waals surface area contributed by atoms with Crippen LogP contribution in [0.4, 0.5) is 0 Å². The van der Waals surface area contributed by atoms with Crippen LogP contribution in [0.25, 0.3) is 0 Å². The molecule has 6 heteroatoms. The van der Waals surface area contributed by atoms with Crippen LogP contribution < -0.4 is 10.1 Å². The van der Waals surface area contributed by atoms with E-state index in [0.717, 1.165) is 28.9 Å². The van der Waals surface area contributed by atoms with Crippen molar-refractivity contribution in [1.29, 1.82) is 0 Å². The predicted octanol–water partition coefficient (Wildman–Crippen LogP) is 3.47. The molecule has 1 aromatic carbocycles. The molecule has 1 aromatic heterocycles. The van der Waals surface area contributed by atoms with Gasteiger partial charge in [-0.3, -0.25) is 0 Å². The first kappa shape index (κ1) is 16.0. The van der Waals surface area contributed by atoms with Crippen LogP contribution in [0.1, 0.15) is 31.1 Å². The molecule has 0 saturated heterocycles. The third-order valence-corrected chi connectivity index (χ3v) is 3.46. The van der Waals surface area contributed by atoms with Gasteiger partial charge in [0.05, 0.1) is 4.47 Å². The minimum atomic E-state index is 0.289. The first-order valence-corrected chi connectivity index (χ1v) is 7.75. The van der Waals surface area contributed by atoms with Gasteiger partial charge < -0.3 is 14.6 Å². The molecule has 0 unspecified atom stereocenters. The lowest BCUT2D eigenvalue weighted by molar-refractivity contribution is 0.280. The van der Waals surface area contributed by atoms with Crippen molar-refractivity contribution in [3.05, 3.63) is 40.0 Å². The summed E-state index contributed by atoms with van der Waals surface area (Å²) in [7, 11) is 0. The van der Waals surface area contributed by atoms with Crippen molar-refractivity contribution >= 4 is 15.9 Å². The maximum Gasteiger partial charge on any atom is 0.223 e. The molecule has 2 aromatic rings. The number of benzene rings is 1. The summed E-state index contributed by atoms with van der Waals surface area (Å²) in [5.41, 5.74) is 1.10. The Morgan fingerprint density at radius 3 is 2.86 bits per heavy atom. The molecule has 5 nitrogen and oxygen atoms in total. The molecule has 1 N–H and O–H groups in total. The van der Waals surface area contributed by atoms with Crippen LogP contribution in [-0.4, -0.2) is 16.7 Å². The molecule has 2 rings (SSSR count). The zero-order valence-electron chi connectivity index (χ0n) is 12.5. The van der Waals surface area contributed by atoms with Gasteiger partial charge in [-0.15, -0.1) is 0 Å². The van der Waals surface area contributed by atoms with E-state index in [1.165, 1.54) is 0 Å². The Kier molecular flexibility index (Phi) is 5.76. The Labute approximate surface area is 133 Å². The second kappa shape index (κ2) is 7.56. The van der Waals surface area contributed by atoms with Gasteiger partial charge in [0, 0.05) is 19.0 Å². The van der Waals surface area contributed by atoms with Crippen molar-refractivity contribution in [2.75, 3.05) is 6.54 Å². The maximum absolute atomic E-state index is 5.85. The molecule has 0 amide bonds. The van der Waals surface area contributed by atoms with Crippen LogP contribution in [0.2, 0.25) is 0 Å². The normalized spacial score (nSPS) is 11.1. The predicted molar refractivity (Wildman–Crippen MR) is 84.1 cm³/mol. The molecule has 0 aliphatic rings. The average Bonchev–Trinajstić information content (AvgIpc) is 2.83. The van der Waals surface area contributed by atoms with Gasteiger partial charge in [0.25, 0.3) is 0 Å². The van der Waals surface area contributed by atoms with Gasteiger partial charge in [-0.25, -0.2) is 0 Å². The Balaban J connectivity index is 2.02. The van der Waals surface area contributed by atoms with Crippen molar-refractivity contribution in [1.82, 2.24) is 15.5 Å². The van der Waals surface area contributed by atoms with E-state index >= 15 is 0 Å². The standard InChI is InChI=1S/C15H20BrN3O2/c1-10(2)7-17-8-12-5-4-6-13(16)15(12)20-9-14-18-11(3)21-19-14/h4-6,10,17H,7-9H2,1-3H3. The Morgan fingerprint density at radius 1 is 1.38 bits per heavy atom. The van der Waals surface area contributed by atoms with Gasteiger partial charge in [-0.2, -0.15) is 4.98 Å². The van der Waals surface area contributed by atoms with Crippen LogP contribution >= 0.6 is 15.9 Å². The molecule has 0 atom stereocenters. The van der Waals surface area contributed by atoms with Crippen LogP contribution in [-0.2, 0) is 13.2 Å². The quantitative estimate of drug-likeness (QED) is 0.825. The first-order chi connectivity index (χ1) is 10.1. The summed E-state index contributed by atoms with van der Waals surface area (Å²) in [6.45, 7) is 8.15. The second-order valence-corrected chi connectivity index (χ2v) is 6.13. The van der Waals surface area contributed by atoms with E-state index in [1.54, 1.807) is 6.92 Å². The van der Waals surface area contributed by atoms with Gasteiger partial charge >= 0.3 is 0 Å². The fourth-order valence-electron chi connectivity index (χ4n) is 1.89. The third-order valence-electron chi connectivity index (χ3n) is 2.83. The van der Waals surface area contributed by atoms with E-state index in [9.17, 15) is 0 Å². The van der Waals surface area contributed by atoms with Crippen molar-refractivity contribution in [2.24, 2.45) is 5.92 Å². The smallest absolute Gasteiger partial charge is 0.223 e. The van der Waals surface area contributed by atoms with Crippen LogP contribution in [0, 0.1) is 12.8 Å². The molecule has 21 heavy (non-hydrogen) atoms. The van der Waals surface area contributed by atoms with Crippen LogP contribution in [0.5, 0.6) is 5.75 Å². The lowest BCUT2D eigenvalue weighted by atomic mass is 10.2. The maximum atomic E-state index is 5.85. The lowest BCUT2D eigenvalue weighted by Gasteiger charge is -2.13. The summed E-state index contributed by atoms with van der Waals surface area (Å²) in [6.07, 6.45) is 0. The van der Waals surface area contributed by atoms with Gasteiger partial charge in [0.1, 0.15) is 5.75 Å². The summed E-state index contributed by atoms with van der Waals surface area (Å²) in [6, 6.07) is 6.01. The molecule has 0 saturated carbocycles. The van der Waals surface area contributed by atoms with Crippen LogP contribution in [0.3, 0.4) is 0 Å². The number of hydrogen-bond donors (Lipinski definition) is 1. The molecule has 0 aliphatic carbocycles. The zero-order valence-corrected chi connectivity index (χ0v) is 14.1. The molecule has 0 fully saturated rings. The number of aromatic nitrogens is 2. The number of rotatable bonds is 7. The van der Waals surface area contributed by atoms with Crippen LogP contribution in [0.15, 0.2) is 27.2 Å². The van der Waals surface area contributed by atoms with E-state index in [0.29, 0.717) is 17.6 Å². The summed E-state index contributed by atoms with van der Waals surface area (Å²) < 4.78 is 11.7. The lowest BCUT2D eigenvalue weighted by Crippen LogP contribution is -2.19. The summed E-state index contributed by atoms with van der Waals surface area (Å²) >= 11 is 3.53. The molecule has 0 spiro atoms. The Morgan fingerprint density at radius 2 is 2.19 bits per heavy atom. The van der Waals surface area contributed by atoms with Crippen molar-refractivity contribution in [3.63, 3.8) is 0 Å². The second-order valence-electron chi connectivity index (χ2n) is 5.27. The molecule has 0 radical (unpaired) electrons. The minimum Gasteiger partial charge on any atom is -0.484 e. The number of hydrogen-bond acceptors (Lipinski definition) is 5. The first-order valence-electron chi connectivity index (χ1n) is 6.96. The molecule has 114 valence electrons. The summed E-state index contributed by atoms with van der Waals surface area (Å²) in [5, 5.41) is 7.25. The number of ether oxygens (including phenoxy) is 1. The van der Waals surface area contributed by atoms with Gasteiger partial charge in [-0.1, -0.05) is 31.1 Å². The Hall–Kier alpha value is -1.40. The van der Waals surface area contributed by atoms with Crippen molar-refractivity contribution in [2.45, 2.75) is 33.9 Å². The number of para-hydroxylation sites is 1. The molecule has 1 heterocycles. The monoisotopic (exact) mass is 353 g/mol.